The molecule has 4 nitrogen and oxygen atoms in total. The largest absolute Gasteiger partial charge is 0.411 e. The van der Waals surface area contributed by atoms with Gasteiger partial charge in [-0.15, -0.1) is 0 Å². The van der Waals surface area contributed by atoms with Crippen LogP contribution in [0, 0.1) is 5.41 Å². The first-order chi connectivity index (χ1) is 8.07. The lowest BCUT2D eigenvalue weighted by Crippen LogP contribution is -2.27. The van der Waals surface area contributed by atoms with E-state index in [-0.39, 0.29) is 5.41 Å². The van der Waals surface area contributed by atoms with Gasteiger partial charge in [-0.1, -0.05) is 32.3 Å². The van der Waals surface area contributed by atoms with Crippen LogP contribution >= 0.6 is 0 Å². The number of H-pyrrole nitrogens is 1. The van der Waals surface area contributed by atoms with E-state index in [4.69, 9.17) is 0 Å². The Morgan fingerprint density at radius 1 is 1.41 bits per heavy atom. The summed E-state index contributed by atoms with van der Waals surface area (Å²) in [6.45, 7) is 6.55. The van der Waals surface area contributed by atoms with Crippen LogP contribution in [-0.4, -0.2) is 21.1 Å². The first-order valence-electron chi connectivity index (χ1n) is 6.35. The zero-order valence-corrected chi connectivity index (χ0v) is 10.9. The molecule has 0 aliphatic heterocycles. The zero-order valence-electron chi connectivity index (χ0n) is 10.9. The molecule has 0 atom stereocenters. The molecular weight excluding hydrogens is 214 g/mol. The number of unbranched alkanes of at least 4 members (excludes halogenated alkanes) is 1. The van der Waals surface area contributed by atoms with Crippen LogP contribution in [0.5, 0.6) is 0 Å². The van der Waals surface area contributed by atoms with Gasteiger partial charge < -0.3 is 5.21 Å². The molecule has 1 heterocycles. The second kappa shape index (κ2) is 4.51. The van der Waals surface area contributed by atoms with E-state index in [2.05, 4.69) is 36.1 Å². The van der Waals surface area contributed by atoms with Gasteiger partial charge in [0.1, 0.15) is 0 Å². The van der Waals surface area contributed by atoms with Gasteiger partial charge in [-0.05, 0) is 31.1 Å². The Bertz CT molecular complexity index is 432. The highest BCUT2D eigenvalue weighted by molar-refractivity contribution is 6.03. The van der Waals surface area contributed by atoms with Gasteiger partial charge in [-0.25, -0.2) is 0 Å². The molecule has 0 spiro atoms. The normalized spacial score (nSPS) is 20.5. The van der Waals surface area contributed by atoms with Crippen molar-refractivity contribution in [2.45, 2.75) is 52.9 Å². The topological polar surface area (TPSA) is 61.3 Å². The van der Waals surface area contributed by atoms with Gasteiger partial charge in [0, 0.05) is 11.3 Å². The quantitative estimate of drug-likeness (QED) is 0.625. The molecule has 4 heteroatoms. The second-order valence-corrected chi connectivity index (χ2v) is 5.69. The van der Waals surface area contributed by atoms with E-state index in [0.717, 1.165) is 54.8 Å². The molecule has 2 rings (SSSR count). The summed E-state index contributed by atoms with van der Waals surface area (Å²) in [4.78, 5) is 0. The van der Waals surface area contributed by atoms with Crippen molar-refractivity contribution in [3.05, 3.63) is 17.0 Å². The van der Waals surface area contributed by atoms with Crippen LogP contribution in [-0.2, 0) is 12.8 Å². The third-order valence-electron chi connectivity index (χ3n) is 3.39. The van der Waals surface area contributed by atoms with E-state index in [1.807, 2.05) is 0 Å². The van der Waals surface area contributed by atoms with E-state index in [9.17, 15) is 5.21 Å². The number of hydrogen-bond acceptors (Lipinski definition) is 3. The molecule has 94 valence electrons. The SMILES string of the molecule is CCCCc1n[nH]c2c1/C(=N/O)CC(C)(C)C2. The van der Waals surface area contributed by atoms with E-state index >= 15 is 0 Å². The van der Waals surface area contributed by atoms with Crippen LogP contribution < -0.4 is 0 Å². The predicted octanol–water partition coefficient (Wildman–Crippen LogP) is 2.90. The van der Waals surface area contributed by atoms with Gasteiger partial charge in [-0.2, -0.15) is 5.10 Å². The van der Waals surface area contributed by atoms with Crippen molar-refractivity contribution in [1.29, 1.82) is 0 Å². The fourth-order valence-corrected chi connectivity index (χ4v) is 2.58. The summed E-state index contributed by atoms with van der Waals surface area (Å²) in [5, 5.41) is 20.2. The molecule has 0 amide bonds. The van der Waals surface area contributed by atoms with Crippen LogP contribution in [0.25, 0.3) is 0 Å². The highest BCUT2D eigenvalue weighted by Crippen LogP contribution is 2.35. The van der Waals surface area contributed by atoms with Crippen LogP contribution in [0.15, 0.2) is 5.16 Å². The molecule has 0 fully saturated rings. The predicted molar refractivity (Wildman–Crippen MR) is 67.6 cm³/mol. The molecule has 17 heavy (non-hydrogen) atoms. The summed E-state index contributed by atoms with van der Waals surface area (Å²) in [6, 6.07) is 0. The average Bonchev–Trinajstić information content (AvgIpc) is 2.66. The maximum Gasteiger partial charge on any atom is 0.0910 e. The summed E-state index contributed by atoms with van der Waals surface area (Å²) >= 11 is 0. The van der Waals surface area contributed by atoms with Gasteiger partial charge in [0.25, 0.3) is 0 Å². The number of rotatable bonds is 3. The standard InChI is InChI=1S/C13H21N3O/c1-4-5-6-9-12-10(15-14-9)7-13(2,3)8-11(12)16-17/h17H,4-8H2,1-3H3,(H,14,15)/b16-11+. The van der Waals surface area contributed by atoms with Gasteiger partial charge in [0.15, 0.2) is 0 Å². The second-order valence-electron chi connectivity index (χ2n) is 5.69. The fraction of sp³-hybridized carbons (Fsp3) is 0.692. The van der Waals surface area contributed by atoms with E-state index < -0.39 is 0 Å². The van der Waals surface area contributed by atoms with E-state index in [0.29, 0.717) is 0 Å². The lowest BCUT2D eigenvalue weighted by molar-refractivity contribution is 0.306. The molecule has 0 saturated carbocycles. The Morgan fingerprint density at radius 2 is 2.18 bits per heavy atom. The van der Waals surface area contributed by atoms with Crippen molar-refractivity contribution >= 4 is 5.71 Å². The maximum absolute atomic E-state index is 9.18. The fourth-order valence-electron chi connectivity index (χ4n) is 2.58. The van der Waals surface area contributed by atoms with Crippen LogP contribution in [0.4, 0.5) is 0 Å². The third kappa shape index (κ3) is 2.35. The van der Waals surface area contributed by atoms with Gasteiger partial charge in [0.05, 0.1) is 11.4 Å². The number of aromatic amines is 1. The molecule has 0 saturated heterocycles. The third-order valence-corrected chi connectivity index (χ3v) is 3.39. The molecule has 2 N–H and O–H groups in total. The minimum atomic E-state index is 0.142. The minimum Gasteiger partial charge on any atom is -0.411 e. The number of aryl methyl sites for hydroxylation is 1. The van der Waals surface area contributed by atoms with Crippen LogP contribution in [0.3, 0.4) is 0 Å². The van der Waals surface area contributed by atoms with Crippen molar-refractivity contribution in [3.63, 3.8) is 0 Å². The zero-order chi connectivity index (χ0) is 12.5. The first kappa shape index (κ1) is 12.1. The lowest BCUT2D eigenvalue weighted by atomic mass is 9.75. The Morgan fingerprint density at radius 3 is 2.82 bits per heavy atom. The van der Waals surface area contributed by atoms with Gasteiger partial charge in [-0.3, -0.25) is 5.10 Å². The summed E-state index contributed by atoms with van der Waals surface area (Å²) in [7, 11) is 0. The molecule has 0 unspecified atom stereocenters. The van der Waals surface area contributed by atoms with Gasteiger partial charge >= 0.3 is 0 Å². The minimum absolute atomic E-state index is 0.142. The Hall–Kier alpha value is -1.32. The molecule has 1 aliphatic carbocycles. The summed E-state index contributed by atoms with van der Waals surface area (Å²) in [5.74, 6) is 0. The molecule has 0 aromatic carbocycles. The highest BCUT2D eigenvalue weighted by Gasteiger charge is 2.33. The summed E-state index contributed by atoms with van der Waals surface area (Å²) in [5.41, 5.74) is 4.19. The molecule has 0 bridgehead atoms. The maximum atomic E-state index is 9.18. The summed E-state index contributed by atoms with van der Waals surface area (Å²) < 4.78 is 0. The van der Waals surface area contributed by atoms with Crippen molar-refractivity contribution in [2.24, 2.45) is 10.6 Å². The Kier molecular flexibility index (Phi) is 3.22. The first-order valence-corrected chi connectivity index (χ1v) is 6.35. The monoisotopic (exact) mass is 235 g/mol. The number of fused-ring (bicyclic) bond motifs is 1. The number of oxime groups is 1. The van der Waals surface area contributed by atoms with E-state index in [1.54, 1.807) is 0 Å². The summed E-state index contributed by atoms with van der Waals surface area (Å²) in [6.07, 6.45) is 5.02. The van der Waals surface area contributed by atoms with E-state index in [1.165, 1.54) is 0 Å². The molecule has 0 radical (unpaired) electrons. The molecular formula is C13H21N3O. The Balaban J connectivity index is 2.35. The van der Waals surface area contributed by atoms with Crippen molar-refractivity contribution < 1.29 is 5.21 Å². The molecule has 1 aromatic heterocycles. The highest BCUT2D eigenvalue weighted by atomic mass is 16.4. The van der Waals surface area contributed by atoms with Crippen LogP contribution in [0.1, 0.15) is 57.0 Å². The number of hydrogen-bond donors (Lipinski definition) is 2. The lowest BCUT2D eigenvalue weighted by Gasteiger charge is -2.29. The Labute approximate surface area is 102 Å². The van der Waals surface area contributed by atoms with Gasteiger partial charge in [0.2, 0.25) is 0 Å². The van der Waals surface area contributed by atoms with Crippen LogP contribution in [0.2, 0.25) is 0 Å². The van der Waals surface area contributed by atoms with Crippen molar-refractivity contribution in [1.82, 2.24) is 10.2 Å². The molecule has 1 aliphatic rings. The number of aromatic nitrogens is 2. The molecule has 1 aromatic rings. The number of nitrogens with one attached hydrogen (secondary N) is 1. The average molecular weight is 235 g/mol. The van der Waals surface area contributed by atoms with Crippen molar-refractivity contribution in [2.75, 3.05) is 0 Å². The van der Waals surface area contributed by atoms with Crippen molar-refractivity contribution in [3.8, 4) is 0 Å². The number of nitrogens with zero attached hydrogens (tertiary/aromatic N) is 2. The smallest absolute Gasteiger partial charge is 0.0910 e.